The second-order valence-electron chi connectivity index (χ2n) is 8.98. The summed E-state index contributed by atoms with van der Waals surface area (Å²) in [5, 5.41) is 3.29. The molecule has 2 atom stereocenters. The molecule has 0 spiro atoms. The van der Waals surface area contributed by atoms with Crippen LogP contribution in [0, 0.1) is 0 Å². The highest BCUT2D eigenvalue weighted by Crippen LogP contribution is 2.32. The van der Waals surface area contributed by atoms with E-state index in [1.807, 2.05) is 28.8 Å². The average Bonchev–Trinajstić information content (AvgIpc) is 2.81. The highest BCUT2D eigenvalue weighted by molar-refractivity contribution is 6.29. The molecule has 5 rings (SSSR count). The number of aromatic nitrogens is 3. The summed E-state index contributed by atoms with van der Waals surface area (Å²) in [5.41, 5.74) is 2.98. The maximum absolute atomic E-state index is 13.8. The van der Waals surface area contributed by atoms with E-state index < -0.39 is 0 Å². The topological polar surface area (TPSA) is 51.0 Å². The van der Waals surface area contributed by atoms with Crippen LogP contribution in [0.15, 0.2) is 59.8 Å². The fraction of sp³-hybridized carbons (Fsp3) is 0.346. The Bertz CT molecular complexity index is 1330. The molecule has 1 fully saturated rings. The van der Waals surface area contributed by atoms with Crippen LogP contribution in [0.5, 0.6) is 0 Å². The Morgan fingerprint density at radius 3 is 2.56 bits per heavy atom. The van der Waals surface area contributed by atoms with E-state index in [4.69, 9.17) is 16.6 Å². The molecule has 0 N–H and O–H groups in total. The van der Waals surface area contributed by atoms with Crippen molar-refractivity contribution >= 4 is 33.3 Å². The van der Waals surface area contributed by atoms with Gasteiger partial charge in [-0.05, 0) is 62.0 Å². The Morgan fingerprint density at radius 1 is 1.03 bits per heavy atom. The largest absolute Gasteiger partial charge is 0.304 e. The van der Waals surface area contributed by atoms with E-state index in [0.717, 1.165) is 46.7 Å². The molecule has 32 heavy (non-hydrogen) atoms. The van der Waals surface area contributed by atoms with E-state index in [-0.39, 0.29) is 11.6 Å². The first-order valence-corrected chi connectivity index (χ1v) is 11.6. The van der Waals surface area contributed by atoms with E-state index in [0.29, 0.717) is 23.0 Å². The number of halogens is 1. The molecule has 1 saturated carbocycles. The van der Waals surface area contributed by atoms with Crippen LogP contribution in [0.2, 0.25) is 5.15 Å². The standard InChI is InChI=1S/C26H27ClN4O/c1-30(2)22-9-5-6-10-23(22)31-16-29-25-20-8-4-3-7-19(20)18(14-21(25)26(31)32)13-17-11-12-24(27)28-15-17/h3-4,7-8,11-12,14-16,22-23H,5-6,9-10,13H2,1-2H3/t22-,23-/m0/s1. The van der Waals surface area contributed by atoms with Gasteiger partial charge in [0.15, 0.2) is 0 Å². The third-order valence-corrected chi connectivity index (χ3v) is 7.00. The Kier molecular flexibility index (Phi) is 5.70. The van der Waals surface area contributed by atoms with E-state index in [1.165, 1.54) is 6.42 Å². The molecule has 0 aliphatic heterocycles. The van der Waals surface area contributed by atoms with Crippen molar-refractivity contribution in [2.24, 2.45) is 0 Å². The SMILES string of the molecule is CN(C)[C@H]1CCCC[C@@H]1n1cnc2c(cc(Cc3ccc(Cl)nc3)c3ccccc32)c1=O. The molecular formula is C26H27ClN4O. The summed E-state index contributed by atoms with van der Waals surface area (Å²) in [5.74, 6) is 0. The van der Waals surface area contributed by atoms with E-state index in [2.05, 4.69) is 36.1 Å². The molecule has 6 heteroatoms. The Balaban J connectivity index is 1.68. The number of rotatable bonds is 4. The predicted octanol–water partition coefficient (Wildman–Crippen LogP) is 5.23. The highest BCUT2D eigenvalue weighted by atomic mass is 35.5. The summed E-state index contributed by atoms with van der Waals surface area (Å²) in [7, 11) is 4.21. The van der Waals surface area contributed by atoms with Crippen molar-refractivity contribution in [1.82, 2.24) is 19.4 Å². The van der Waals surface area contributed by atoms with Gasteiger partial charge in [0.2, 0.25) is 0 Å². The van der Waals surface area contributed by atoms with Crippen LogP contribution in [0.25, 0.3) is 21.7 Å². The number of benzene rings is 2. The third-order valence-electron chi connectivity index (χ3n) is 6.78. The molecule has 0 saturated heterocycles. The lowest BCUT2D eigenvalue weighted by atomic mass is 9.89. The number of pyridine rings is 1. The van der Waals surface area contributed by atoms with E-state index >= 15 is 0 Å². The summed E-state index contributed by atoms with van der Waals surface area (Å²) in [6.45, 7) is 0. The van der Waals surface area contributed by atoms with Crippen molar-refractivity contribution in [1.29, 1.82) is 0 Å². The van der Waals surface area contributed by atoms with Gasteiger partial charge in [-0.1, -0.05) is 54.8 Å². The molecule has 1 aliphatic carbocycles. The van der Waals surface area contributed by atoms with Gasteiger partial charge >= 0.3 is 0 Å². The molecule has 2 aromatic heterocycles. The van der Waals surface area contributed by atoms with Crippen LogP contribution in [-0.2, 0) is 6.42 Å². The number of hydrogen-bond acceptors (Lipinski definition) is 4. The van der Waals surface area contributed by atoms with Crippen LogP contribution in [-0.4, -0.2) is 39.6 Å². The van der Waals surface area contributed by atoms with Gasteiger partial charge < -0.3 is 4.90 Å². The van der Waals surface area contributed by atoms with Crippen molar-refractivity contribution in [3.8, 4) is 0 Å². The van der Waals surface area contributed by atoms with Gasteiger partial charge in [-0.3, -0.25) is 9.36 Å². The maximum Gasteiger partial charge on any atom is 0.261 e. The van der Waals surface area contributed by atoms with Crippen molar-refractivity contribution in [3.63, 3.8) is 0 Å². The van der Waals surface area contributed by atoms with Gasteiger partial charge in [-0.15, -0.1) is 0 Å². The zero-order valence-electron chi connectivity index (χ0n) is 18.5. The summed E-state index contributed by atoms with van der Waals surface area (Å²) in [6, 6.07) is 14.5. The van der Waals surface area contributed by atoms with Crippen LogP contribution in [0.1, 0.15) is 42.9 Å². The normalized spacial score (nSPS) is 19.1. The molecule has 0 amide bonds. The molecule has 0 bridgehead atoms. The molecule has 0 radical (unpaired) electrons. The Hall–Kier alpha value is -2.76. The minimum atomic E-state index is 0.0509. The number of hydrogen-bond donors (Lipinski definition) is 0. The Labute approximate surface area is 192 Å². The zero-order valence-corrected chi connectivity index (χ0v) is 19.2. The minimum absolute atomic E-state index is 0.0509. The van der Waals surface area contributed by atoms with Crippen molar-refractivity contribution in [2.75, 3.05) is 14.1 Å². The molecule has 2 aromatic carbocycles. The van der Waals surface area contributed by atoms with E-state index in [1.54, 1.807) is 18.6 Å². The lowest BCUT2D eigenvalue weighted by molar-refractivity contribution is 0.156. The zero-order chi connectivity index (χ0) is 22.2. The number of likely N-dealkylation sites (N-methyl/N-ethyl adjacent to an activating group) is 1. The summed E-state index contributed by atoms with van der Waals surface area (Å²) in [4.78, 5) is 25.0. The lowest BCUT2D eigenvalue weighted by Gasteiger charge is -2.37. The fourth-order valence-electron chi connectivity index (χ4n) is 5.18. The highest BCUT2D eigenvalue weighted by Gasteiger charge is 2.29. The van der Waals surface area contributed by atoms with Gasteiger partial charge in [0.1, 0.15) is 5.15 Å². The predicted molar refractivity (Wildman–Crippen MR) is 131 cm³/mol. The molecule has 2 heterocycles. The molecular weight excluding hydrogens is 420 g/mol. The molecule has 5 nitrogen and oxygen atoms in total. The van der Waals surface area contributed by atoms with Crippen LogP contribution in [0.3, 0.4) is 0 Å². The average molecular weight is 447 g/mol. The molecule has 1 aliphatic rings. The first-order chi connectivity index (χ1) is 15.5. The van der Waals surface area contributed by atoms with Crippen LogP contribution in [0.4, 0.5) is 0 Å². The van der Waals surface area contributed by atoms with Gasteiger partial charge in [0, 0.05) is 17.6 Å². The minimum Gasteiger partial charge on any atom is -0.304 e. The molecule has 4 aromatic rings. The van der Waals surface area contributed by atoms with Crippen molar-refractivity contribution < 1.29 is 0 Å². The summed E-state index contributed by atoms with van der Waals surface area (Å²) in [6.07, 6.45) is 8.71. The van der Waals surface area contributed by atoms with Gasteiger partial charge in [-0.25, -0.2) is 9.97 Å². The number of fused-ring (bicyclic) bond motifs is 3. The van der Waals surface area contributed by atoms with Crippen LogP contribution >= 0.6 is 11.6 Å². The quantitative estimate of drug-likeness (QED) is 0.318. The lowest BCUT2D eigenvalue weighted by Crippen LogP contribution is -2.42. The third kappa shape index (κ3) is 3.80. The van der Waals surface area contributed by atoms with Gasteiger partial charge in [-0.2, -0.15) is 0 Å². The second kappa shape index (κ2) is 8.64. The molecule has 0 unspecified atom stereocenters. The first kappa shape index (κ1) is 21.1. The number of nitrogens with zero attached hydrogens (tertiary/aromatic N) is 4. The fourth-order valence-corrected chi connectivity index (χ4v) is 5.29. The Morgan fingerprint density at radius 2 is 1.81 bits per heavy atom. The monoisotopic (exact) mass is 446 g/mol. The smallest absolute Gasteiger partial charge is 0.261 e. The summed E-state index contributed by atoms with van der Waals surface area (Å²) >= 11 is 5.97. The van der Waals surface area contributed by atoms with Gasteiger partial charge in [0.25, 0.3) is 5.56 Å². The molecule has 164 valence electrons. The van der Waals surface area contributed by atoms with Crippen molar-refractivity contribution in [3.05, 3.63) is 81.6 Å². The summed E-state index contributed by atoms with van der Waals surface area (Å²) < 4.78 is 1.88. The second-order valence-corrected chi connectivity index (χ2v) is 9.37. The van der Waals surface area contributed by atoms with Crippen molar-refractivity contribution in [2.45, 2.75) is 44.2 Å². The van der Waals surface area contributed by atoms with E-state index in [9.17, 15) is 4.79 Å². The first-order valence-electron chi connectivity index (χ1n) is 11.2. The van der Waals surface area contributed by atoms with Crippen LogP contribution < -0.4 is 5.56 Å². The van der Waals surface area contributed by atoms with Gasteiger partial charge in [0.05, 0.1) is 23.3 Å². The maximum atomic E-state index is 13.8.